The van der Waals surface area contributed by atoms with Gasteiger partial charge < -0.3 is 59.8 Å². The lowest BCUT2D eigenvalue weighted by Crippen LogP contribution is -2.69. The maximum absolute atomic E-state index is 13.0. The van der Waals surface area contributed by atoms with Gasteiger partial charge in [0.2, 0.25) is 0 Å². The molecule has 7 aliphatic rings. The standard InChI is InChI=1S/C42H66O14/c1-37(2)11-13-42(36(51)52)14-12-40(5)21(22(42)17-37)7-8-29-38(3)18-26(48)33(39(4,20-44)28(38)9-10-41(29,40)6)55-30-16-24(46)31(32(54-30)34(49)50)56-35-25(47)15-23(45)27(19-43)53-35/h7,22-33,35,43-48H,8-20H2,1-6H3,(H,49,50)(H,51,52)/t22?,23-,24-,25-,26+,27-,28?,29?,30+,31+,32+,33+,35+,38+,39+,40-,41-,42+/m1/s1. The summed E-state index contributed by atoms with van der Waals surface area (Å²) >= 11 is 0. The minimum atomic E-state index is -1.75. The van der Waals surface area contributed by atoms with E-state index in [1.807, 2.05) is 6.92 Å². The predicted octanol–water partition coefficient (Wildman–Crippen LogP) is 2.98. The van der Waals surface area contributed by atoms with Crippen LogP contribution in [-0.2, 0) is 28.5 Å². The zero-order valence-corrected chi connectivity index (χ0v) is 33.8. The molecule has 14 nitrogen and oxygen atoms in total. The van der Waals surface area contributed by atoms with Crippen molar-refractivity contribution in [3.63, 3.8) is 0 Å². The lowest BCUT2D eigenvalue weighted by atomic mass is 9.33. The maximum atomic E-state index is 13.0. The normalized spacial score (nSPS) is 52.7. The van der Waals surface area contributed by atoms with Gasteiger partial charge in [-0.3, -0.25) is 4.79 Å². The quantitative estimate of drug-likeness (QED) is 0.131. The van der Waals surface area contributed by atoms with Crippen LogP contribution >= 0.6 is 0 Å². The fourth-order valence-corrected chi connectivity index (χ4v) is 13.8. The molecular formula is C42H66O14. The number of hydrogen-bond acceptors (Lipinski definition) is 12. The van der Waals surface area contributed by atoms with Crippen molar-refractivity contribution < 1.29 is 69.4 Å². The molecule has 8 N–H and O–H groups in total. The number of fused-ring (bicyclic) bond motifs is 7. The second-order valence-corrected chi connectivity index (χ2v) is 20.5. The van der Waals surface area contributed by atoms with Crippen molar-refractivity contribution in [1.82, 2.24) is 0 Å². The fourth-order valence-electron chi connectivity index (χ4n) is 13.8. The molecule has 6 fully saturated rings. The van der Waals surface area contributed by atoms with Crippen molar-refractivity contribution in [2.75, 3.05) is 13.2 Å². The smallest absolute Gasteiger partial charge is 0.335 e. The van der Waals surface area contributed by atoms with Gasteiger partial charge in [-0.05, 0) is 97.2 Å². The number of rotatable bonds is 8. The number of aliphatic carboxylic acids is 2. The maximum Gasteiger partial charge on any atom is 0.335 e. The van der Waals surface area contributed by atoms with E-state index in [0.29, 0.717) is 19.3 Å². The fraction of sp³-hybridized carbons (Fsp3) is 0.905. The Hall–Kier alpha value is -1.72. The molecular weight excluding hydrogens is 728 g/mol. The molecule has 0 aromatic rings. The molecule has 0 amide bonds. The van der Waals surface area contributed by atoms with Gasteiger partial charge in [0.15, 0.2) is 18.7 Å². The summed E-state index contributed by atoms with van der Waals surface area (Å²) in [7, 11) is 0. The molecule has 5 aliphatic carbocycles. The Morgan fingerprint density at radius 1 is 0.804 bits per heavy atom. The first-order valence-corrected chi connectivity index (χ1v) is 20.8. The Labute approximate surface area is 329 Å². The molecule has 14 heteroatoms. The summed E-state index contributed by atoms with van der Waals surface area (Å²) < 4.78 is 23.6. The van der Waals surface area contributed by atoms with E-state index >= 15 is 0 Å². The number of carboxylic acids is 2. The third-order valence-corrected chi connectivity index (χ3v) is 17.1. The summed E-state index contributed by atoms with van der Waals surface area (Å²) in [5.74, 6) is -2.13. The van der Waals surface area contributed by atoms with Crippen LogP contribution in [0.15, 0.2) is 11.6 Å². The summed E-state index contributed by atoms with van der Waals surface area (Å²) in [5.41, 5.74) is -1.22. The highest BCUT2D eigenvalue weighted by molar-refractivity contribution is 5.76. The van der Waals surface area contributed by atoms with Crippen molar-refractivity contribution in [2.24, 2.45) is 50.2 Å². The third-order valence-electron chi connectivity index (χ3n) is 17.1. The molecule has 0 spiro atoms. The van der Waals surface area contributed by atoms with Crippen LogP contribution in [0.3, 0.4) is 0 Å². The molecule has 0 aromatic heterocycles. The molecule has 0 aromatic carbocycles. The molecule has 0 radical (unpaired) electrons. The highest BCUT2D eigenvalue weighted by atomic mass is 16.7. The van der Waals surface area contributed by atoms with Gasteiger partial charge in [0, 0.05) is 18.3 Å². The summed E-state index contributed by atoms with van der Waals surface area (Å²) in [4.78, 5) is 25.5. The second-order valence-electron chi connectivity index (χ2n) is 20.5. The van der Waals surface area contributed by atoms with E-state index < -0.39 is 96.2 Å². The molecule has 4 saturated carbocycles. The Bertz CT molecular complexity index is 1550. The van der Waals surface area contributed by atoms with E-state index in [1.165, 1.54) is 5.57 Å². The zero-order chi connectivity index (χ0) is 41.0. The van der Waals surface area contributed by atoms with Gasteiger partial charge in [-0.15, -0.1) is 0 Å². The van der Waals surface area contributed by atoms with Crippen LogP contribution in [0.2, 0.25) is 0 Å². The van der Waals surface area contributed by atoms with Crippen LogP contribution in [0.1, 0.15) is 112 Å². The van der Waals surface area contributed by atoms with Crippen molar-refractivity contribution in [2.45, 2.75) is 174 Å². The number of carbonyl (C=O) groups is 2. The van der Waals surface area contributed by atoms with E-state index in [4.69, 9.17) is 18.9 Å². The summed E-state index contributed by atoms with van der Waals surface area (Å²) in [6, 6.07) is 0. The molecule has 3 unspecified atom stereocenters. The Morgan fingerprint density at radius 3 is 2.14 bits per heavy atom. The number of aliphatic hydroxyl groups is 6. The van der Waals surface area contributed by atoms with Gasteiger partial charge in [0.05, 0.1) is 43.0 Å². The van der Waals surface area contributed by atoms with E-state index in [0.717, 1.165) is 38.5 Å². The lowest BCUT2D eigenvalue weighted by Gasteiger charge is -2.71. The van der Waals surface area contributed by atoms with Gasteiger partial charge in [-0.25, -0.2) is 4.79 Å². The van der Waals surface area contributed by atoms with Crippen LogP contribution < -0.4 is 0 Å². The predicted molar refractivity (Wildman–Crippen MR) is 199 cm³/mol. The molecule has 2 aliphatic heterocycles. The number of ether oxygens (including phenoxy) is 4. The first-order chi connectivity index (χ1) is 26.1. The van der Waals surface area contributed by atoms with Crippen molar-refractivity contribution >= 4 is 11.9 Å². The van der Waals surface area contributed by atoms with Crippen LogP contribution in [0, 0.1) is 50.2 Å². The third kappa shape index (κ3) is 6.34. The number of carboxylic acid groups (broad SMARTS) is 2. The Kier molecular flexibility index (Phi) is 11.0. The number of allylic oxidation sites excluding steroid dienone is 2. The van der Waals surface area contributed by atoms with Crippen LogP contribution in [0.5, 0.6) is 0 Å². The monoisotopic (exact) mass is 794 g/mol. The van der Waals surface area contributed by atoms with Gasteiger partial charge in [-0.1, -0.05) is 53.2 Å². The topological polar surface area (TPSA) is 233 Å². The van der Waals surface area contributed by atoms with Crippen molar-refractivity contribution in [1.29, 1.82) is 0 Å². The van der Waals surface area contributed by atoms with Crippen molar-refractivity contribution in [3.8, 4) is 0 Å². The Balaban J connectivity index is 1.12. The van der Waals surface area contributed by atoms with Crippen LogP contribution in [0.25, 0.3) is 0 Å². The van der Waals surface area contributed by atoms with E-state index in [-0.39, 0.29) is 53.4 Å². The lowest BCUT2D eigenvalue weighted by molar-refractivity contribution is -0.342. The molecule has 56 heavy (non-hydrogen) atoms. The average Bonchev–Trinajstić information content (AvgIpc) is 3.11. The first-order valence-electron chi connectivity index (χ1n) is 20.8. The highest BCUT2D eigenvalue weighted by Crippen LogP contribution is 2.76. The molecule has 318 valence electrons. The Morgan fingerprint density at radius 2 is 1.50 bits per heavy atom. The summed E-state index contributed by atoms with van der Waals surface area (Å²) in [6.07, 6.45) is -4.56. The van der Waals surface area contributed by atoms with E-state index in [9.17, 15) is 50.4 Å². The largest absolute Gasteiger partial charge is 0.481 e. The molecule has 0 bridgehead atoms. The number of aliphatic hydroxyl groups excluding tert-OH is 6. The first kappa shape index (κ1) is 42.4. The molecule has 2 heterocycles. The van der Waals surface area contributed by atoms with Crippen molar-refractivity contribution in [3.05, 3.63) is 11.6 Å². The molecule has 2 saturated heterocycles. The summed E-state index contributed by atoms with van der Waals surface area (Å²) in [6.45, 7) is 12.5. The van der Waals surface area contributed by atoms with Gasteiger partial charge >= 0.3 is 11.9 Å². The minimum absolute atomic E-state index is 0.0284. The van der Waals surface area contributed by atoms with Gasteiger partial charge in [0.1, 0.15) is 18.3 Å². The van der Waals surface area contributed by atoms with Gasteiger partial charge in [0.25, 0.3) is 0 Å². The summed E-state index contributed by atoms with van der Waals surface area (Å²) in [5, 5.41) is 85.6. The average molecular weight is 795 g/mol. The number of hydrogen-bond donors (Lipinski definition) is 8. The van der Waals surface area contributed by atoms with Gasteiger partial charge in [-0.2, -0.15) is 0 Å². The van der Waals surface area contributed by atoms with E-state index in [2.05, 4.69) is 40.7 Å². The molecule has 7 rings (SSSR count). The second kappa shape index (κ2) is 14.5. The molecule has 18 atom stereocenters. The van der Waals surface area contributed by atoms with Crippen LogP contribution in [0.4, 0.5) is 0 Å². The van der Waals surface area contributed by atoms with E-state index in [1.54, 1.807) is 0 Å². The zero-order valence-electron chi connectivity index (χ0n) is 33.8. The van der Waals surface area contributed by atoms with Crippen LogP contribution in [-0.4, -0.2) is 127 Å². The minimum Gasteiger partial charge on any atom is -0.481 e. The SMILES string of the molecule is CC1(C)CC[C@]2(C(=O)O)CC[C@]3(C)C(=CCC4[C@@]5(C)C[C@H](O)[C@H](O[C@H]6C[C@@H](O)[C@H](O[C@@H]7O[C@H](CO)[C@H](O)C[C@H]7O)[C@@H](C(=O)O)O6)[C@@](C)(CO)C5CC[C@]43C)C2C1. The highest BCUT2D eigenvalue weighted by Gasteiger charge is 2.71.